The van der Waals surface area contributed by atoms with E-state index in [0.717, 1.165) is 0 Å². The Balaban J connectivity index is 2.19. The van der Waals surface area contributed by atoms with E-state index in [1.165, 1.54) is 0 Å². The lowest BCUT2D eigenvalue weighted by molar-refractivity contribution is -0.199. The van der Waals surface area contributed by atoms with Crippen molar-refractivity contribution in [1.29, 1.82) is 0 Å². The number of hydrogen-bond donors (Lipinski definition) is 4. The molecule has 1 unspecified atom stereocenters. The molecule has 1 heterocycles. The summed E-state index contributed by atoms with van der Waals surface area (Å²) in [7, 11) is 0. The highest BCUT2D eigenvalue weighted by atomic mass is 16.7. The second kappa shape index (κ2) is 6.42. The highest BCUT2D eigenvalue weighted by molar-refractivity contribution is 5.16. The lowest BCUT2D eigenvalue weighted by Crippen LogP contribution is -2.47. The number of rotatable bonds is 3. The van der Waals surface area contributed by atoms with Crippen LogP contribution in [0.25, 0.3) is 0 Å². The summed E-state index contributed by atoms with van der Waals surface area (Å²) < 4.78 is 10.9. The van der Waals surface area contributed by atoms with Gasteiger partial charge in [-0.2, -0.15) is 0 Å². The summed E-state index contributed by atoms with van der Waals surface area (Å²) in [6.07, 6.45) is -5.72. The molecule has 0 aliphatic carbocycles. The van der Waals surface area contributed by atoms with E-state index in [2.05, 4.69) is 0 Å². The van der Waals surface area contributed by atoms with E-state index >= 15 is 0 Å². The van der Waals surface area contributed by atoms with Crippen molar-refractivity contribution < 1.29 is 29.9 Å². The van der Waals surface area contributed by atoms with Gasteiger partial charge in [0, 0.05) is 5.56 Å². The van der Waals surface area contributed by atoms with Crippen molar-refractivity contribution in [3.8, 4) is 0 Å². The fourth-order valence-electron chi connectivity index (χ4n) is 1.97. The number of benzene rings is 1. The molecule has 4 N–H and O–H groups in total. The van der Waals surface area contributed by atoms with Gasteiger partial charge in [0.2, 0.25) is 0 Å². The van der Waals surface area contributed by atoms with E-state index in [9.17, 15) is 15.3 Å². The zero-order valence-corrected chi connectivity index (χ0v) is 10.3. The normalized spacial score (nSPS) is 33.7. The molecular weight excluding hydrogens is 252 g/mol. The van der Waals surface area contributed by atoms with Gasteiger partial charge in [-0.05, 0) is 0 Å². The molecule has 0 amide bonds. The molecule has 0 bridgehead atoms. The lowest BCUT2D eigenvalue weighted by Gasteiger charge is -2.27. The molecule has 0 spiro atoms. The third-order valence-electron chi connectivity index (χ3n) is 3.07. The molecule has 5 atom stereocenters. The largest absolute Gasteiger partial charge is 0.394 e. The Hall–Kier alpha value is -1.02. The van der Waals surface area contributed by atoms with Gasteiger partial charge < -0.3 is 29.9 Å². The first-order chi connectivity index (χ1) is 9.13. The number of hydrogen-bond acceptors (Lipinski definition) is 6. The molecule has 0 saturated carbocycles. The second-order valence-electron chi connectivity index (χ2n) is 4.48. The zero-order chi connectivity index (χ0) is 13.8. The minimum absolute atomic E-state index is 0.116. The fourth-order valence-corrected chi connectivity index (χ4v) is 1.97. The molecule has 0 radical (unpaired) electrons. The summed E-state index contributed by atoms with van der Waals surface area (Å²) in [4.78, 5) is 0. The van der Waals surface area contributed by atoms with Crippen molar-refractivity contribution in [3.63, 3.8) is 0 Å². The van der Waals surface area contributed by atoms with Crippen LogP contribution in [0.3, 0.4) is 0 Å². The molecule has 1 aromatic carbocycles. The maximum Gasteiger partial charge on any atom is 0.184 e. The van der Waals surface area contributed by atoms with E-state index < -0.39 is 37.3 Å². The average Bonchev–Trinajstić information content (AvgIpc) is 2.60. The smallest absolute Gasteiger partial charge is 0.184 e. The van der Waals surface area contributed by atoms with Crippen LogP contribution in [-0.4, -0.2) is 58.1 Å². The lowest BCUT2D eigenvalue weighted by atomic mass is 10.0. The molecule has 2 rings (SSSR count). The Bertz CT molecular complexity index is 384. The van der Waals surface area contributed by atoms with Gasteiger partial charge in [-0.15, -0.1) is 0 Å². The van der Waals surface area contributed by atoms with E-state index in [-0.39, 0.29) is 6.61 Å². The Morgan fingerprint density at radius 3 is 2.53 bits per heavy atom. The van der Waals surface area contributed by atoms with Crippen LogP contribution in [0, 0.1) is 0 Å². The summed E-state index contributed by atoms with van der Waals surface area (Å²) in [5, 5.41) is 38.2. The SMILES string of the molecule is OC[C@@H](O)[C@@H]1OC(c2ccccc2)OC[C@H](O)[C@@H]1O. The van der Waals surface area contributed by atoms with Gasteiger partial charge in [0.05, 0.1) is 13.2 Å². The van der Waals surface area contributed by atoms with Crippen LogP contribution in [0.15, 0.2) is 30.3 Å². The first kappa shape index (κ1) is 14.4. The minimum Gasteiger partial charge on any atom is -0.394 e. The van der Waals surface area contributed by atoms with Crippen molar-refractivity contribution in [3.05, 3.63) is 35.9 Å². The number of ether oxygens (including phenoxy) is 2. The van der Waals surface area contributed by atoms with Crippen LogP contribution in [0.1, 0.15) is 11.9 Å². The van der Waals surface area contributed by atoms with E-state index in [1.54, 1.807) is 24.3 Å². The number of aliphatic hydroxyl groups excluding tert-OH is 4. The molecule has 1 aliphatic heterocycles. The molecule has 6 nitrogen and oxygen atoms in total. The average molecular weight is 270 g/mol. The Labute approximate surface area is 110 Å². The molecule has 106 valence electrons. The topological polar surface area (TPSA) is 99.4 Å². The first-order valence-corrected chi connectivity index (χ1v) is 6.10. The van der Waals surface area contributed by atoms with Crippen LogP contribution in [0.4, 0.5) is 0 Å². The van der Waals surface area contributed by atoms with Crippen LogP contribution >= 0.6 is 0 Å². The second-order valence-corrected chi connectivity index (χ2v) is 4.48. The molecular formula is C13H18O6. The molecule has 6 heteroatoms. The molecule has 19 heavy (non-hydrogen) atoms. The van der Waals surface area contributed by atoms with Gasteiger partial charge in [0.15, 0.2) is 6.29 Å². The first-order valence-electron chi connectivity index (χ1n) is 6.10. The standard InChI is InChI=1S/C13H18O6/c14-6-9(15)12-11(17)10(16)7-18-13(19-12)8-4-2-1-3-5-8/h1-5,9-17H,6-7H2/t9-,10+,11+,12+,13?/m1/s1. The molecule has 0 aromatic heterocycles. The minimum atomic E-state index is -1.32. The highest BCUT2D eigenvalue weighted by Crippen LogP contribution is 2.27. The van der Waals surface area contributed by atoms with Crippen molar-refractivity contribution in [1.82, 2.24) is 0 Å². The van der Waals surface area contributed by atoms with Gasteiger partial charge in [0.25, 0.3) is 0 Å². The Morgan fingerprint density at radius 2 is 1.89 bits per heavy atom. The molecule has 1 saturated heterocycles. The van der Waals surface area contributed by atoms with E-state index in [1.807, 2.05) is 6.07 Å². The summed E-state index contributed by atoms with van der Waals surface area (Å²) in [6.45, 7) is -0.689. The van der Waals surface area contributed by atoms with Gasteiger partial charge in [-0.3, -0.25) is 0 Å². The van der Waals surface area contributed by atoms with Crippen LogP contribution in [0.5, 0.6) is 0 Å². The highest BCUT2D eigenvalue weighted by Gasteiger charge is 2.38. The zero-order valence-electron chi connectivity index (χ0n) is 10.3. The third-order valence-corrected chi connectivity index (χ3v) is 3.07. The van der Waals surface area contributed by atoms with Gasteiger partial charge >= 0.3 is 0 Å². The third kappa shape index (κ3) is 3.30. The van der Waals surface area contributed by atoms with Gasteiger partial charge in [0.1, 0.15) is 24.4 Å². The summed E-state index contributed by atoms with van der Waals surface area (Å²) in [5.41, 5.74) is 0.707. The van der Waals surface area contributed by atoms with Crippen molar-refractivity contribution >= 4 is 0 Å². The predicted octanol–water partition coefficient (Wildman–Crippen LogP) is -0.824. The summed E-state index contributed by atoms with van der Waals surface area (Å²) in [6, 6.07) is 8.99. The van der Waals surface area contributed by atoms with Crippen LogP contribution < -0.4 is 0 Å². The Kier molecular flexibility index (Phi) is 4.87. The molecule has 1 aliphatic rings. The van der Waals surface area contributed by atoms with Crippen LogP contribution in [0.2, 0.25) is 0 Å². The quantitative estimate of drug-likeness (QED) is 0.572. The summed E-state index contributed by atoms with van der Waals surface area (Å²) >= 11 is 0. The fraction of sp³-hybridized carbons (Fsp3) is 0.538. The molecule has 1 aromatic rings. The maximum absolute atomic E-state index is 9.86. The molecule has 1 fully saturated rings. The van der Waals surface area contributed by atoms with E-state index in [4.69, 9.17) is 14.6 Å². The number of aliphatic hydroxyl groups is 4. The summed E-state index contributed by atoms with van der Waals surface area (Å²) in [5.74, 6) is 0. The predicted molar refractivity (Wildman–Crippen MR) is 65.1 cm³/mol. The maximum atomic E-state index is 9.86. The van der Waals surface area contributed by atoms with E-state index in [0.29, 0.717) is 5.56 Å². The van der Waals surface area contributed by atoms with Crippen LogP contribution in [-0.2, 0) is 9.47 Å². The van der Waals surface area contributed by atoms with Gasteiger partial charge in [-0.25, -0.2) is 0 Å². The monoisotopic (exact) mass is 270 g/mol. The Morgan fingerprint density at radius 1 is 1.21 bits per heavy atom. The van der Waals surface area contributed by atoms with Crippen molar-refractivity contribution in [2.45, 2.75) is 30.7 Å². The van der Waals surface area contributed by atoms with Gasteiger partial charge in [-0.1, -0.05) is 30.3 Å². The van der Waals surface area contributed by atoms with Crippen molar-refractivity contribution in [2.24, 2.45) is 0 Å². The van der Waals surface area contributed by atoms with Crippen molar-refractivity contribution in [2.75, 3.05) is 13.2 Å².